The fourth-order valence-electron chi connectivity index (χ4n) is 2.05. The highest BCUT2D eigenvalue weighted by atomic mass is 16.5. The molecule has 0 aliphatic rings. The van der Waals surface area contributed by atoms with E-state index in [1.165, 1.54) is 0 Å². The standard InChI is InChI=1S/C18H21NO3/c1-3-11-22-16-12-13(2)9-10-15(16)19-18(21)17(20)14-7-5-4-6-8-14/h4-10,12,17,20H,3,11H2,1-2H3,(H,19,21). The summed E-state index contributed by atoms with van der Waals surface area (Å²) in [6, 6.07) is 14.4. The lowest BCUT2D eigenvalue weighted by atomic mass is 10.1. The van der Waals surface area contributed by atoms with Gasteiger partial charge in [-0.05, 0) is 36.6 Å². The van der Waals surface area contributed by atoms with E-state index < -0.39 is 12.0 Å². The van der Waals surface area contributed by atoms with Crippen molar-refractivity contribution < 1.29 is 14.6 Å². The summed E-state index contributed by atoms with van der Waals surface area (Å²) in [4.78, 5) is 12.2. The molecule has 0 saturated carbocycles. The summed E-state index contributed by atoms with van der Waals surface area (Å²) in [7, 11) is 0. The molecule has 0 spiro atoms. The van der Waals surface area contributed by atoms with E-state index in [-0.39, 0.29) is 0 Å². The molecule has 116 valence electrons. The van der Waals surface area contributed by atoms with Crippen LogP contribution in [0.15, 0.2) is 48.5 Å². The number of amides is 1. The number of ether oxygens (including phenoxy) is 1. The Bertz CT molecular complexity index is 625. The van der Waals surface area contributed by atoms with Gasteiger partial charge in [0.15, 0.2) is 6.10 Å². The number of hydrogen-bond acceptors (Lipinski definition) is 3. The summed E-state index contributed by atoms with van der Waals surface area (Å²) in [6.07, 6.45) is -0.324. The molecule has 0 aliphatic heterocycles. The number of aliphatic hydroxyl groups excluding tert-OH is 1. The molecular weight excluding hydrogens is 278 g/mol. The maximum atomic E-state index is 12.2. The van der Waals surface area contributed by atoms with Crippen LogP contribution < -0.4 is 10.1 Å². The summed E-state index contributed by atoms with van der Waals surface area (Å²) < 4.78 is 5.66. The van der Waals surface area contributed by atoms with E-state index in [2.05, 4.69) is 5.32 Å². The number of rotatable bonds is 6. The van der Waals surface area contributed by atoms with E-state index in [1.807, 2.05) is 32.0 Å². The lowest BCUT2D eigenvalue weighted by Crippen LogP contribution is -2.21. The van der Waals surface area contributed by atoms with Crippen molar-refractivity contribution in [3.05, 3.63) is 59.7 Å². The predicted molar refractivity (Wildman–Crippen MR) is 87.0 cm³/mol. The molecule has 0 saturated heterocycles. The van der Waals surface area contributed by atoms with Gasteiger partial charge in [0.25, 0.3) is 5.91 Å². The molecular formula is C18H21NO3. The van der Waals surface area contributed by atoms with Gasteiger partial charge in [0.2, 0.25) is 0 Å². The van der Waals surface area contributed by atoms with Crippen LogP contribution in [-0.2, 0) is 4.79 Å². The van der Waals surface area contributed by atoms with E-state index in [0.29, 0.717) is 23.6 Å². The number of aliphatic hydroxyl groups is 1. The van der Waals surface area contributed by atoms with Crippen molar-refractivity contribution in [2.24, 2.45) is 0 Å². The highest BCUT2D eigenvalue weighted by Crippen LogP contribution is 2.27. The van der Waals surface area contributed by atoms with Gasteiger partial charge in [-0.3, -0.25) is 4.79 Å². The third-order valence-corrected chi connectivity index (χ3v) is 3.22. The van der Waals surface area contributed by atoms with Gasteiger partial charge in [0.1, 0.15) is 5.75 Å². The average molecular weight is 299 g/mol. The second kappa shape index (κ2) is 7.61. The minimum atomic E-state index is -1.21. The second-order valence-electron chi connectivity index (χ2n) is 5.15. The summed E-state index contributed by atoms with van der Waals surface area (Å²) >= 11 is 0. The Kier molecular flexibility index (Phi) is 5.55. The SMILES string of the molecule is CCCOc1cc(C)ccc1NC(=O)C(O)c1ccccc1. The molecule has 2 aromatic rings. The Morgan fingerprint density at radius 3 is 2.64 bits per heavy atom. The van der Waals surface area contributed by atoms with E-state index in [9.17, 15) is 9.90 Å². The van der Waals surface area contributed by atoms with Crippen molar-refractivity contribution in [1.82, 2.24) is 0 Å². The molecule has 1 amide bonds. The Hall–Kier alpha value is -2.33. The van der Waals surface area contributed by atoms with Gasteiger partial charge in [-0.15, -0.1) is 0 Å². The molecule has 0 bridgehead atoms. The molecule has 0 aliphatic carbocycles. The first-order valence-corrected chi connectivity index (χ1v) is 7.39. The van der Waals surface area contributed by atoms with Gasteiger partial charge >= 0.3 is 0 Å². The van der Waals surface area contributed by atoms with Crippen LogP contribution in [0.3, 0.4) is 0 Å². The second-order valence-corrected chi connectivity index (χ2v) is 5.15. The Morgan fingerprint density at radius 2 is 1.95 bits per heavy atom. The number of anilines is 1. The monoisotopic (exact) mass is 299 g/mol. The summed E-state index contributed by atoms with van der Waals surface area (Å²) in [6.45, 7) is 4.56. The van der Waals surface area contributed by atoms with Crippen LogP contribution in [0.4, 0.5) is 5.69 Å². The first kappa shape index (κ1) is 16.0. The van der Waals surface area contributed by atoms with Gasteiger partial charge in [0.05, 0.1) is 12.3 Å². The van der Waals surface area contributed by atoms with E-state index in [4.69, 9.17) is 4.74 Å². The number of hydrogen-bond donors (Lipinski definition) is 2. The molecule has 4 nitrogen and oxygen atoms in total. The Balaban J connectivity index is 2.14. The summed E-state index contributed by atoms with van der Waals surface area (Å²) in [5, 5.41) is 12.9. The first-order valence-electron chi connectivity index (χ1n) is 7.39. The van der Waals surface area contributed by atoms with Gasteiger partial charge in [-0.2, -0.15) is 0 Å². The number of aryl methyl sites for hydroxylation is 1. The number of benzene rings is 2. The van der Waals surface area contributed by atoms with Crippen LogP contribution in [0.25, 0.3) is 0 Å². The number of carbonyl (C=O) groups excluding carboxylic acids is 1. The molecule has 1 atom stereocenters. The van der Waals surface area contributed by atoms with Crippen LogP contribution in [0.5, 0.6) is 5.75 Å². The molecule has 1 unspecified atom stereocenters. The van der Waals surface area contributed by atoms with Gasteiger partial charge in [-0.25, -0.2) is 0 Å². The normalized spacial score (nSPS) is 11.8. The molecule has 0 fully saturated rings. The Morgan fingerprint density at radius 1 is 1.23 bits per heavy atom. The van der Waals surface area contributed by atoms with E-state index in [1.54, 1.807) is 30.3 Å². The van der Waals surface area contributed by atoms with Gasteiger partial charge in [0, 0.05) is 0 Å². The summed E-state index contributed by atoms with van der Waals surface area (Å²) in [5.74, 6) is 0.145. The fourth-order valence-corrected chi connectivity index (χ4v) is 2.05. The summed E-state index contributed by atoms with van der Waals surface area (Å²) in [5.41, 5.74) is 2.18. The molecule has 4 heteroatoms. The van der Waals surface area contributed by atoms with Crippen LogP contribution >= 0.6 is 0 Å². The van der Waals surface area contributed by atoms with Crippen molar-refractivity contribution in [2.45, 2.75) is 26.4 Å². The van der Waals surface area contributed by atoms with Crippen LogP contribution in [0, 0.1) is 6.92 Å². The molecule has 0 aromatic heterocycles. The molecule has 0 heterocycles. The molecule has 2 N–H and O–H groups in total. The van der Waals surface area contributed by atoms with Crippen molar-refractivity contribution in [1.29, 1.82) is 0 Å². The van der Waals surface area contributed by atoms with Gasteiger partial charge in [-0.1, -0.05) is 43.3 Å². The van der Waals surface area contributed by atoms with Crippen molar-refractivity contribution >= 4 is 11.6 Å². The lowest BCUT2D eigenvalue weighted by Gasteiger charge is -2.15. The molecule has 22 heavy (non-hydrogen) atoms. The maximum absolute atomic E-state index is 12.2. The fraction of sp³-hybridized carbons (Fsp3) is 0.278. The van der Waals surface area contributed by atoms with Crippen LogP contribution in [-0.4, -0.2) is 17.6 Å². The van der Waals surface area contributed by atoms with E-state index in [0.717, 1.165) is 12.0 Å². The third kappa shape index (κ3) is 4.09. The lowest BCUT2D eigenvalue weighted by molar-refractivity contribution is -0.124. The zero-order valence-electron chi connectivity index (χ0n) is 12.9. The maximum Gasteiger partial charge on any atom is 0.257 e. The highest BCUT2D eigenvalue weighted by Gasteiger charge is 2.18. The first-order chi connectivity index (χ1) is 10.6. The zero-order valence-corrected chi connectivity index (χ0v) is 12.9. The van der Waals surface area contributed by atoms with Gasteiger partial charge < -0.3 is 15.2 Å². The third-order valence-electron chi connectivity index (χ3n) is 3.22. The predicted octanol–water partition coefficient (Wildman–Crippen LogP) is 3.46. The molecule has 2 rings (SSSR count). The Labute approximate surface area is 130 Å². The number of carbonyl (C=O) groups is 1. The van der Waals surface area contributed by atoms with Crippen molar-refractivity contribution in [3.8, 4) is 5.75 Å². The van der Waals surface area contributed by atoms with Crippen molar-refractivity contribution in [3.63, 3.8) is 0 Å². The average Bonchev–Trinajstić information content (AvgIpc) is 2.55. The topological polar surface area (TPSA) is 58.6 Å². The van der Waals surface area contributed by atoms with Crippen LogP contribution in [0.1, 0.15) is 30.6 Å². The quantitative estimate of drug-likeness (QED) is 0.859. The molecule has 0 radical (unpaired) electrons. The molecule has 2 aromatic carbocycles. The largest absolute Gasteiger partial charge is 0.491 e. The minimum absolute atomic E-state index is 0.476. The van der Waals surface area contributed by atoms with E-state index >= 15 is 0 Å². The zero-order chi connectivity index (χ0) is 15.9. The van der Waals surface area contributed by atoms with Crippen molar-refractivity contribution in [2.75, 3.05) is 11.9 Å². The highest BCUT2D eigenvalue weighted by molar-refractivity contribution is 5.95. The minimum Gasteiger partial charge on any atom is -0.491 e. The van der Waals surface area contributed by atoms with Crippen LogP contribution in [0.2, 0.25) is 0 Å². The number of nitrogens with one attached hydrogen (secondary N) is 1. The smallest absolute Gasteiger partial charge is 0.257 e.